The highest BCUT2D eigenvalue weighted by atomic mass is 19.2. The summed E-state index contributed by atoms with van der Waals surface area (Å²) in [6.07, 6.45) is 0.713. The molecule has 0 unspecified atom stereocenters. The molecule has 0 aliphatic carbocycles. The fourth-order valence-electron chi connectivity index (χ4n) is 1.05. The molecule has 0 amide bonds. The number of rotatable bonds is 3. The van der Waals surface area contributed by atoms with Crippen LogP contribution in [0.3, 0.4) is 0 Å². The smallest absolute Gasteiger partial charge is 0.307 e. The molecule has 0 fully saturated rings. The Morgan fingerprint density at radius 3 is 1.76 bits per heavy atom. The summed E-state index contributed by atoms with van der Waals surface area (Å²) >= 11 is 0. The van der Waals surface area contributed by atoms with Gasteiger partial charge in [-0.05, 0) is 0 Å². The summed E-state index contributed by atoms with van der Waals surface area (Å²) in [4.78, 5) is 10.1. The van der Waals surface area contributed by atoms with Gasteiger partial charge in [-0.1, -0.05) is 12.2 Å². The van der Waals surface area contributed by atoms with Gasteiger partial charge in [-0.15, -0.1) is 0 Å². The monoisotopic (exact) mass is 252 g/mol. The molecule has 1 aromatic carbocycles. The lowest BCUT2D eigenvalue weighted by atomic mass is 10.1. The van der Waals surface area contributed by atoms with Gasteiger partial charge in [-0.3, -0.25) is 4.79 Å². The second-order valence-corrected chi connectivity index (χ2v) is 2.98. The van der Waals surface area contributed by atoms with E-state index >= 15 is 0 Å². The van der Waals surface area contributed by atoms with Crippen molar-refractivity contribution < 1.29 is 31.9 Å². The Balaban J connectivity index is 3.25. The number of halogens is 5. The van der Waals surface area contributed by atoms with Crippen molar-refractivity contribution >= 4 is 12.0 Å². The van der Waals surface area contributed by atoms with Crippen molar-refractivity contribution in [3.8, 4) is 0 Å². The van der Waals surface area contributed by atoms with Gasteiger partial charge in [0.25, 0.3) is 0 Å². The molecule has 0 atom stereocenters. The van der Waals surface area contributed by atoms with Crippen LogP contribution >= 0.6 is 0 Å². The topological polar surface area (TPSA) is 37.3 Å². The Hall–Kier alpha value is -1.92. The van der Waals surface area contributed by atoms with Crippen molar-refractivity contribution in [2.75, 3.05) is 0 Å². The maximum Gasteiger partial charge on any atom is 0.307 e. The Morgan fingerprint density at radius 1 is 0.941 bits per heavy atom. The number of hydrogen-bond donors (Lipinski definition) is 1. The van der Waals surface area contributed by atoms with E-state index in [2.05, 4.69) is 0 Å². The molecule has 7 heteroatoms. The molecule has 0 radical (unpaired) electrons. The average molecular weight is 252 g/mol. The summed E-state index contributed by atoms with van der Waals surface area (Å²) in [7, 11) is 0. The quantitative estimate of drug-likeness (QED) is 0.510. The fraction of sp³-hybridized carbons (Fsp3) is 0.100. The van der Waals surface area contributed by atoms with Crippen molar-refractivity contribution in [1.82, 2.24) is 0 Å². The number of hydrogen-bond acceptors (Lipinski definition) is 1. The van der Waals surface area contributed by atoms with Gasteiger partial charge in [0, 0.05) is 0 Å². The van der Waals surface area contributed by atoms with Gasteiger partial charge in [0.1, 0.15) is 0 Å². The van der Waals surface area contributed by atoms with Gasteiger partial charge < -0.3 is 5.11 Å². The first-order valence-corrected chi connectivity index (χ1v) is 4.26. The van der Waals surface area contributed by atoms with Crippen LogP contribution in [0.4, 0.5) is 22.0 Å². The normalized spacial score (nSPS) is 11.1. The van der Waals surface area contributed by atoms with E-state index in [9.17, 15) is 26.7 Å². The van der Waals surface area contributed by atoms with Crippen molar-refractivity contribution in [1.29, 1.82) is 0 Å². The third-order valence-corrected chi connectivity index (χ3v) is 1.82. The molecule has 0 aliphatic rings. The number of carboxylic acid groups (broad SMARTS) is 1. The second-order valence-electron chi connectivity index (χ2n) is 2.98. The van der Waals surface area contributed by atoms with Gasteiger partial charge in [-0.2, -0.15) is 0 Å². The number of carbonyl (C=O) groups is 1. The van der Waals surface area contributed by atoms with Gasteiger partial charge in [0.15, 0.2) is 23.3 Å². The molecule has 1 N–H and O–H groups in total. The molecular formula is C10H5F5O2. The van der Waals surface area contributed by atoms with Crippen LogP contribution in [0.15, 0.2) is 6.08 Å². The van der Waals surface area contributed by atoms with E-state index in [0.29, 0.717) is 6.08 Å². The highest BCUT2D eigenvalue weighted by Gasteiger charge is 2.23. The van der Waals surface area contributed by atoms with Crippen LogP contribution in [0.1, 0.15) is 12.0 Å². The van der Waals surface area contributed by atoms with Crippen molar-refractivity contribution in [3.63, 3.8) is 0 Å². The molecule has 0 aromatic heterocycles. The van der Waals surface area contributed by atoms with Gasteiger partial charge >= 0.3 is 5.97 Å². The van der Waals surface area contributed by atoms with E-state index in [4.69, 9.17) is 5.11 Å². The highest BCUT2D eigenvalue weighted by Crippen LogP contribution is 2.23. The zero-order valence-corrected chi connectivity index (χ0v) is 8.11. The van der Waals surface area contributed by atoms with Crippen LogP contribution in [0.5, 0.6) is 0 Å². The number of aliphatic carboxylic acids is 1. The second kappa shape index (κ2) is 4.94. The molecular weight excluding hydrogens is 247 g/mol. The minimum atomic E-state index is -2.25. The van der Waals surface area contributed by atoms with Crippen LogP contribution in [0.25, 0.3) is 6.08 Å². The fourth-order valence-corrected chi connectivity index (χ4v) is 1.05. The molecule has 0 saturated heterocycles. The lowest BCUT2D eigenvalue weighted by Gasteiger charge is -2.03. The lowest BCUT2D eigenvalue weighted by molar-refractivity contribution is -0.135. The summed E-state index contributed by atoms with van der Waals surface area (Å²) in [6, 6.07) is 0. The largest absolute Gasteiger partial charge is 0.481 e. The maximum atomic E-state index is 13.0. The number of carboxylic acids is 1. The summed E-state index contributed by atoms with van der Waals surface area (Å²) in [5.41, 5.74) is -1.16. The Bertz CT molecular complexity index is 467. The summed E-state index contributed by atoms with van der Waals surface area (Å²) < 4.78 is 64.0. The third kappa shape index (κ3) is 2.61. The number of benzene rings is 1. The molecule has 17 heavy (non-hydrogen) atoms. The molecule has 0 spiro atoms. The third-order valence-electron chi connectivity index (χ3n) is 1.82. The molecule has 92 valence electrons. The highest BCUT2D eigenvalue weighted by molar-refractivity contribution is 5.70. The molecule has 0 bridgehead atoms. The van der Waals surface area contributed by atoms with E-state index in [1.807, 2.05) is 0 Å². The first-order valence-electron chi connectivity index (χ1n) is 4.26. The molecule has 0 heterocycles. The van der Waals surface area contributed by atoms with Crippen molar-refractivity contribution in [2.24, 2.45) is 0 Å². The van der Waals surface area contributed by atoms with Crippen LogP contribution in [-0.2, 0) is 4.79 Å². The predicted octanol–water partition coefficient (Wildman–Crippen LogP) is 2.87. The molecule has 0 saturated carbocycles. The van der Waals surface area contributed by atoms with E-state index in [1.54, 1.807) is 0 Å². The Kier molecular flexibility index (Phi) is 3.82. The standard InChI is InChI=1S/C10H5F5O2/c11-6-4(2-1-3-5(16)17)7(12)9(14)10(15)8(6)13/h1-2H,3H2,(H,16,17). The zero-order chi connectivity index (χ0) is 13.2. The molecule has 1 aromatic rings. The molecule has 2 nitrogen and oxygen atoms in total. The molecule has 0 aliphatic heterocycles. The van der Waals surface area contributed by atoms with E-state index < -0.39 is 47.0 Å². The lowest BCUT2D eigenvalue weighted by Crippen LogP contribution is -2.04. The first kappa shape index (κ1) is 13.1. The van der Waals surface area contributed by atoms with Crippen LogP contribution < -0.4 is 0 Å². The Morgan fingerprint density at radius 2 is 1.35 bits per heavy atom. The predicted molar refractivity (Wildman–Crippen MR) is 47.5 cm³/mol. The Labute approximate surface area is 92.0 Å². The van der Waals surface area contributed by atoms with Gasteiger partial charge in [0.2, 0.25) is 5.82 Å². The van der Waals surface area contributed by atoms with Gasteiger partial charge in [-0.25, -0.2) is 22.0 Å². The SMILES string of the molecule is O=C(O)CC=Cc1c(F)c(F)c(F)c(F)c1F. The summed E-state index contributed by atoms with van der Waals surface area (Å²) in [5.74, 6) is -11.7. The van der Waals surface area contributed by atoms with E-state index in [0.717, 1.165) is 6.08 Å². The minimum Gasteiger partial charge on any atom is -0.481 e. The van der Waals surface area contributed by atoms with Crippen LogP contribution in [0.2, 0.25) is 0 Å². The van der Waals surface area contributed by atoms with Crippen LogP contribution in [-0.4, -0.2) is 11.1 Å². The summed E-state index contributed by atoms with van der Waals surface area (Å²) in [5, 5.41) is 8.24. The van der Waals surface area contributed by atoms with Crippen molar-refractivity contribution in [3.05, 3.63) is 40.7 Å². The van der Waals surface area contributed by atoms with E-state index in [1.165, 1.54) is 0 Å². The average Bonchev–Trinajstić information content (AvgIpc) is 2.28. The van der Waals surface area contributed by atoms with Crippen LogP contribution in [0, 0.1) is 29.1 Å². The van der Waals surface area contributed by atoms with Gasteiger partial charge in [0.05, 0.1) is 12.0 Å². The minimum absolute atomic E-state index is 0.532. The maximum absolute atomic E-state index is 13.0. The van der Waals surface area contributed by atoms with E-state index in [-0.39, 0.29) is 0 Å². The van der Waals surface area contributed by atoms with Crippen molar-refractivity contribution in [2.45, 2.75) is 6.42 Å². The summed E-state index contributed by atoms with van der Waals surface area (Å²) in [6.45, 7) is 0. The molecule has 1 rings (SSSR count). The zero-order valence-electron chi connectivity index (χ0n) is 8.11. The first-order chi connectivity index (χ1) is 7.86.